The first-order chi connectivity index (χ1) is 9.35. The van der Waals surface area contributed by atoms with Crippen LogP contribution in [0.5, 0.6) is 0 Å². The zero-order chi connectivity index (χ0) is 14.8. The molecule has 1 aromatic heterocycles. The number of sulfone groups is 1. The van der Waals surface area contributed by atoms with E-state index in [-0.39, 0.29) is 24.1 Å². The minimum Gasteiger partial charge on any atom is -0.480 e. The highest BCUT2D eigenvalue weighted by molar-refractivity contribution is 9.10. The predicted molar refractivity (Wildman–Crippen MR) is 77.0 cm³/mol. The van der Waals surface area contributed by atoms with Crippen LogP contribution in [0.3, 0.4) is 0 Å². The molecule has 0 radical (unpaired) electrons. The first kappa shape index (κ1) is 15.4. The second kappa shape index (κ2) is 6.19. The number of nitrogens with zero attached hydrogens (tertiary/aromatic N) is 2. The molecule has 1 aliphatic heterocycles. The molecule has 1 saturated heterocycles. The van der Waals surface area contributed by atoms with Gasteiger partial charge in [-0.25, -0.2) is 8.42 Å². The summed E-state index contributed by atoms with van der Waals surface area (Å²) < 4.78 is 23.9. The lowest BCUT2D eigenvalue weighted by molar-refractivity contribution is -0.139. The number of rotatable bonds is 5. The van der Waals surface area contributed by atoms with E-state index in [1.54, 1.807) is 17.2 Å². The fourth-order valence-electron chi connectivity index (χ4n) is 2.26. The minimum absolute atomic E-state index is 0.0246. The van der Waals surface area contributed by atoms with Crippen LogP contribution < -0.4 is 0 Å². The average Bonchev–Trinajstić information content (AvgIpc) is 2.71. The molecule has 110 valence electrons. The maximum Gasteiger partial charge on any atom is 0.317 e. The third-order valence-electron chi connectivity index (χ3n) is 3.22. The molecule has 1 N–H and O–H groups in total. The molecular weight excluding hydrogens is 348 g/mol. The molecular formula is C12H15BrN2O4S. The highest BCUT2D eigenvalue weighted by Crippen LogP contribution is 2.19. The Balaban J connectivity index is 2.11. The molecule has 20 heavy (non-hydrogen) atoms. The van der Waals surface area contributed by atoms with Gasteiger partial charge in [0, 0.05) is 23.3 Å². The average molecular weight is 363 g/mol. The third-order valence-corrected chi connectivity index (χ3v) is 5.44. The van der Waals surface area contributed by atoms with Crippen molar-refractivity contribution in [3.63, 3.8) is 0 Å². The summed E-state index contributed by atoms with van der Waals surface area (Å²) in [6.07, 6.45) is 2.12. The standard InChI is InChI=1S/C12H15BrN2O4S/c13-9-1-2-10(14-5-9)6-15(7-12(16)17)11-3-4-20(18,19)8-11/h1-2,5,11H,3-4,6-8H2,(H,16,17). The van der Waals surface area contributed by atoms with E-state index in [2.05, 4.69) is 20.9 Å². The van der Waals surface area contributed by atoms with E-state index in [1.807, 2.05) is 6.07 Å². The van der Waals surface area contributed by atoms with Gasteiger partial charge >= 0.3 is 5.97 Å². The van der Waals surface area contributed by atoms with Crippen molar-refractivity contribution >= 4 is 31.7 Å². The van der Waals surface area contributed by atoms with Crippen LogP contribution in [0.1, 0.15) is 12.1 Å². The number of carbonyl (C=O) groups is 1. The number of hydrogen-bond acceptors (Lipinski definition) is 5. The second-order valence-corrected chi connectivity index (χ2v) is 7.97. The number of carboxylic acid groups (broad SMARTS) is 1. The van der Waals surface area contributed by atoms with Crippen molar-refractivity contribution in [2.45, 2.75) is 19.0 Å². The van der Waals surface area contributed by atoms with Crippen LogP contribution in [0.4, 0.5) is 0 Å². The number of carboxylic acids is 1. The van der Waals surface area contributed by atoms with Crippen molar-refractivity contribution in [1.82, 2.24) is 9.88 Å². The smallest absolute Gasteiger partial charge is 0.317 e. The van der Waals surface area contributed by atoms with Crippen molar-refractivity contribution in [3.05, 3.63) is 28.5 Å². The lowest BCUT2D eigenvalue weighted by atomic mass is 10.2. The van der Waals surface area contributed by atoms with Gasteiger partial charge < -0.3 is 5.11 Å². The Kier molecular flexibility index (Phi) is 4.77. The van der Waals surface area contributed by atoms with Crippen LogP contribution in [0, 0.1) is 0 Å². The Morgan fingerprint density at radius 1 is 1.50 bits per heavy atom. The molecule has 1 atom stereocenters. The summed E-state index contributed by atoms with van der Waals surface area (Å²) in [5.41, 5.74) is 0.721. The highest BCUT2D eigenvalue weighted by atomic mass is 79.9. The molecule has 0 bridgehead atoms. The molecule has 1 unspecified atom stereocenters. The van der Waals surface area contributed by atoms with Crippen molar-refractivity contribution in [3.8, 4) is 0 Å². The molecule has 1 aromatic rings. The lowest BCUT2D eigenvalue weighted by Crippen LogP contribution is -2.39. The highest BCUT2D eigenvalue weighted by Gasteiger charge is 2.33. The SMILES string of the molecule is O=C(O)CN(Cc1ccc(Br)cn1)C1CCS(=O)(=O)C1. The zero-order valence-electron chi connectivity index (χ0n) is 10.7. The van der Waals surface area contributed by atoms with Crippen LogP contribution >= 0.6 is 15.9 Å². The molecule has 8 heteroatoms. The van der Waals surface area contributed by atoms with Crippen molar-refractivity contribution in [2.75, 3.05) is 18.1 Å². The van der Waals surface area contributed by atoms with Gasteiger partial charge in [0.2, 0.25) is 0 Å². The van der Waals surface area contributed by atoms with Crippen LogP contribution in [-0.4, -0.2) is 53.5 Å². The number of aliphatic carboxylic acids is 1. The van der Waals surface area contributed by atoms with E-state index >= 15 is 0 Å². The van der Waals surface area contributed by atoms with Gasteiger partial charge in [0.05, 0.1) is 23.7 Å². The van der Waals surface area contributed by atoms with Crippen LogP contribution in [0.25, 0.3) is 0 Å². The monoisotopic (exact) mass is 362 g/mol. The van der Waals surface area contributed by atoms with E-state index in [0.29, 0.717) is 13.0 Å². The summed E-state index contributed by atoms with van der Waals surface area (Å²) >= 11 is 3.28. The van der Waals surface area contributed by atoms with Gasteiger partial charge in [-0.05, 0) is 34.5 Å². The van der Waals surface area contributed by atoms with E-state index in [1.165, 1.54) is 0 Å². The molecule has 0 spiro atoms. The van der Waals surface area contributed by atoms with Gasteiger partial charge in [0.25, 0.3) is 0 Å². The minimum atomic E-state index is -3.04. The molecule has 0 aromatic carbocycles. The zero-order valence-corrected chi connectivity index (χ0v) is 13.1. The molecule has 1 fully saturated rings. The second-order valence-electron chi connectivity index (χ2n) is 4.82. The van der Waals surface area contributed by atoms with Crippen LogP contribution in [-0.2, 0) is 21.2 Å². The van der Waals surface area contributed by atoms with E-state index in [0.717, 1.165) is 10.2 Å². The molecule has 0 amide bonds. The van der Waals surface area contributed by atoms with Crippen molar-refractivity contribution in [1.29, 1.82) is 0 Å². The maximum absolute atomic E-state index is 11.5. The van der Waals surface area contributed by atoms with E-state index in [4.69, 9.17) is 5.11 Å². The molecule has 2 rings (SSSR count). The van der Waals surface area contributed by atoms with Gasteiger partial charge in [-0.3, -0.25) is 14.7 Å². The number of aromatic nitrogens is 1. The first-order valence-corrected chi connectivity index (χ1v) is 8.74. The largest absolute Gasteiger partial charge is 0.480 e. The first-order valence-electron chi connectivity index (χ1n) is 6.12. The van der Waals surface area contributed by atoms with Crippen LogP contribution in [0.2, 0.25) is 0 Å². The quantitative estimate of drug-likeness (QED) is 0.837. The Bertz CT molecular complexity index is 588. The summed E-state index contributed by atoms with van der Waals surface area (Å²) in [6, 6.07) is 3.37. The lowest BCUT2D eigenvalue weighted by Gasteiger charge is -2.25. The number of halogens is 1. The predicted octanol–water partition coefficient (Wildman–Crippen LogP) is 0.918. The third kappa shape index (κ3) is 4.26. The van der Waals surface area contributed by atoms with Gasteiger partial charge in [-0.15, -0.1) is 0 Å². The Morgan fingerprint density at radius 2 is 2.25 bits per heavy atom. The Labute approximate surface area is 125 Å². The molecule has 0 saturated carbocycles. The van der Waals surface area contributed by atoms with Gasteiger partial charge in [0.15, 0.2) is 9.84 Å². The fraction of sp³-hybridized carbons (Fsp3) is 0.500. The Hall–Kier alpha value is -0.990. The van der Waals surface area contributed by atoms with Gasteiger partial charge in [0.1, 0.15) is 0 Å². The molecule has 1 aliphatic rings. The number of pyridine rings is 1. The normalized spacial score (nSPS) is 21.2. The Morgan fingerprint density at radius 3 is 2.75 bits per heavy atom. The van der Waals surface area contributed by atoms with Gasteiger partial charge in [-0.2, -0.15) is 0 Å². The van der Waals surface area contributed by atoms with Gasteiger partial charge in [-0.1, -0.05) is 0 Å². The van der Waals surface area contributed by atoms with Crippen molar-refractivity contribution in [2.24, 2.45) is 0 Å². The maximum atomic E-state index is 11.5. The number of hydrogen-bond donors (Lipinski definition) is 1. The topological polar surface area (TPSA) is 87.6 Å². The molecule has 0 aliphatic carbocycles. The van der Waals surface area contributed by atoms with Crippen LogP contribution in [0.15, 0.2) is 22.8 Å². The summed E-state index contributed by atoms with van der Waals surface area (Å²) in [5, 5.41) is 8.98. The molecule has 6 nitrogen and oxygen atoms in total. The van der Waals surface area contributed by atoms with E-state index < -0.39 is 15.8 Å². The van der Waals surface area contributed by atoms with E-state index in [9.17, 15) is 13.2 Å². The summed E-state index contributed by atoms with van der Waals surface area (Å²) in [7, 11) is -3.04. The molecule has 2 heterocycles. The fourth-order valence-corrected chi connectivity index (χ4v) is 4.26. The summed E-state index contributed by atoms with van der Waals surface area (Å²) in [5.74, 6) is -0.815. The van der Waals surface area contributed by atoms with Crippen molar-refractivity contribution < 1.29 is 18.3 Å². The summed E-state index contributed by atoms with van der Waals surface area (Å²) in [6.45, 7) is 0.150. The summed E-state index contributed by atoms with van der Waals surface area (Å²) in [4.78, 5) is 16.8.